The highest BCUT2D eigenvalue weighted by atomic mass is 32.2. The summed E-state index contributed by atoms with van der Waals surface area (Å²) in [5.74, 6) is 2.43. The molecule has 0 unspecified atom stereocenters. The second kappa shape index (κ2) is 5.47. The van der Waals surface area contributed by atoms with Crippen LogP contribution in [0.15, 0.2) is 24.4 Å². The predicted molar refractivity (Wildman–Crippen MR) is 81.2 cm³/mol. The zero-order valence-corrected chi connectivity index (χ0v) is 12.4. The van der Waals surface area contributed by atoms with Crippen LogP contribution < -0.4 is 0 Å². The highest BCUT2D eigenvalue weighted by molar-refractivity contribution is 7.98. The number of pyridine rings is 1. The normalized spacial score (nSPS) is 14.2. The molecule has 0 saturated carbocycles. The molecule has 2 aromatic heterocycles. The summed E-state index contributed by atoms with van der Waals surface area (Å²) in [5.41, 5.74) is 3.35. The predicted octanol–water partition coefficient (Wildman–Crippen LogP) is 3.67. The summed E-state index contributed by atoms with van der Waals surface area (Å²) in [4.78, 5) is 18.9. The van der Waals surface area contributed by atoms with Crippen molar-refractivity contribution in [3.05, 3.63) is 51.0 Å². The number of carbonyl (C=O) groups is 1. The first-order chi connectivity index (χ1) is 9.22. The Morgan fingerprint density at radius 1 is 1.42 bits per heavy atom. The molecular formula is C15H15NOS2. The Bertz CT molecular complexity index is 578. The van der Waals surface area contributed by atoms with Gasteiger partial charge in [0.25, 0.3) is 0 Å². The van der Waals surface area contributed by atoms with Crippen LogP contribution in [0.4, 0.5) is 0 Å². The summed E-state index contributed by atoms with van der Waals surface area (Å²) < 4.78 is 0. The van der Waals surface area contributed by atoms with Gasteiger partial charge in [-0.1, -0.05) is 6.07 Å². The van der Waals surface area contributed by atoms with Crippen LogP contribution in [0, 0.1) is 6.92 Å². The Kier molecular flexibility index (Phi) is 3.71. The van der Waals surface area contributed by atoms with E-state index in [0.29, 0.717) is 6.42 Å². The lowest BCUT2D eigenvalue weighted by Crippen LogP contribution is -2.03. The van der Waals surface area contributed by atoms with Crippen LogP contribution in [0.1, 0.15) is 31.4 Å². The van der Waals surface area contributed by atoms with Crippen LogP contribution in [0.25, 0.3) is 0 Å². The number of hydrogen-bond acceptors (Lipinski definition) is 4. The lowest BCUT2D eigenvalue weighted by atomic mass is 10.1. The van der Waals surface area contributed by atoms with Gasteiger partial charge in [0.15, 0.2) is 5.78 Å². The monoisotopic (exact) mass is 289 g/mol. The van der Waals surface area contributed by atoms with Gasteiger partial charge in [-0.2, -0.15) is 11.8 Å². The number of thioether (sulfide) groups is 1. The van der Waals surface area contributed by atoms with Crippen molar-refractivity contribution >= 4 is 28.9 Å². The minimum absolute atomic E-state index is 0.195. The topological polar surface area (TPSA) is 30.0 Å². The first kappa shape index (κ1) is 12.9. The summed E-state index contributed by atoms with van der Waals surface area (Å²) in [7, 11) is 0. The molecule has 0 bridgehead atoms. The van der Waals surface area contributed by atoms with Crippen molar-refractivity contribution in [2.24, 2.45) is 0 Å². The van der Waals surface area contributed by atoms with E-state index in [-0.39, 0.29) is 5.78 Å². The van der Waals surface area contributed by atoms with E-state index in [0.717, 1.165) is 28.3 Å². The maximum absolute atomic E-state index is 12.3. The summed E-state index contributed by atoms with van der Waals surface area (Å²) >= 11 is 3.63. The van der Waals surface area contributed by atoms with E-state index in [4.69, 9.17) is 0 Å². The quantitative estimate of drug-likeness (QED) is 0.808. The Hall–Kier alpha value is -1.13. The molecule has 3 heterocycles. The van der Waals surface area contributed by atoms with Crippen LogP contribution >= 0.6 is 23.1 Å². The lowest BCUT2D eigenvalue weighted by molar-refractivity contribution is 0.0995. The third kappa shape index (κ3) is 2.90. The maximum Gasteiger partial charge on any atom is 0.178 e. The van der Waals surface area contributed by atoms with Crippen molar-refractivity contribution in [2.75, 3.05) is 5.75 Å². The fraction of sp³-hybridized carbons (Fsp3) is 0.333. The third-order valence-electron chi connectivity index (χ3n) is 3.22. The lowest BCUT2D eigenvalue weighted by Gasteiger charge is -2.08. The van der Waals surface area contributed by atoms with Crippen LogP contribution in [0.3, 0.4) is 0 Å². The van der Waals surface area contributed by atoms with Gasteiger partial charge in [0, 0.05) is 22.5 Å². The SMILES string of the molecule is Cc1ccc(CC(=O)c2cc3c(s2)CCSC3)nc1. The smallest absolute Gasteiger partial charge is 0.178 e. The number of aromatic nitrogens is 1. The maximum atomic E-state index is 12.3. The number of nitrogens with zero attached hydrogens (tertiary/aromatic N) is 1. The molecular weight excluding hydrogens is 274 g/mol. The number of thiophene rings is 1. The molecule has 1 aliphatic heterocycles. The summed E-state index contributed by atoms with van der Waals surface area (Å²) in [6.07, 6.45) is 3.34. The molecule has 3 rings (SSSR count). The number of carbonyl (C=O) groups excluding carboxylic acids is 1. The van der Waals surface area contributed by atoms with Gasteiger partial charge in [-0.25, -0.2) is 0 Å². The Balaban J connectivity index is 1.76. The Morgan fingerprint density at radius 2 is 2.32 bits per heavy atom. The molecule has 0 amide bonds. The highest BCUT2D eigenvalue weighted by Gasteiger charge is 2.17. The zero-order chi connectivity index (χ0) is 13.2. The van der Waals surface area contributed by atoms with Gasteiger partial charge >= 0.3 is 0 Å². The van der Waals surface area contributed by atoms with Crippen molar-refractivity contribution in [1.82, 2.24) is 4.98 Å². The number of ketones is 1. The van der Waals surface area contributed by atoms with Crippen molar-refractivity contribution in [1.29, 1.82) is 0 Å². The van der Waals surface area contributed by atoms with Crippen molar-refractivity contribution < 1.29 is 4.79 Å². The molecule has 0 atom stereocenters. The molecule has 0 aliphatic carbocycles. The molecule has 0 radical (unpaired) electrons. The molecule has 0 fully saturated rings. The standard InChI is InChI=1S/C15H15NOS2/c1-10-2-3-12(16-8-10)7-13(17)15-6-11-9-18-5-4-14(11)19-15/h2-3,6,8H,4-5,7,9H2,1H3. The van der Waals surface area contributed by atoms with Gasteiger partial charge in [-0.15, -0.1) is 11.3 Å². The average Bonchev–Trinajstić information content (AvgIpc) is 2.85. The van der Waals surface area contributed by atoms with E-state index in [2.05, 4.69) is 11.1 Å². The molecule has 0 N–H and O–H groups in total. The van der Waals surface area contributed by atoms with Gasteiger partial charge in [-0.05, 0) is 42.4 Å². The van der Waals surface area contributed by atoms with Crippen molar-refractivity contribution in [3.63, 3.8) is 0 Å². The van der Waals surface area contributed by atoms with Gasteiger partial charge in [0.1, 0.15) is 0 Å². The number of Topliss-reactive ketones (excluding diaryl/α,β-unsaturated/α-hetero) is 1. The molecule has 0 spiro atoms. The van der Waals surface area contributed by atoms with Crippen LogP contribution in [-0.2, 0) is 18.6 Å². The van der Waals surface area contributed by atoms with Crippen molar-refractivity contribution in [2.45, 2.75) is 25.5 Å². The average molecular weight is 289 g/mol. The van der Waals surface area contributed by atoms with Crippen molar-refractivity contribution in [3.8, 4) is 0 Å². The summed E-state index contributed by atoms with van der Waals surface area (Å²) in [6.45, 7) is 2.00. The Morgan fingerprint density at radius 3 is 3.05 bits per heavy atom. The minimum Gasteiger partial charge on any atom is -0.293 e. The molecule has 19 heavy (non-hydrogen) atoms. The van der Waals surface area contributed by atoms with Gasteiger partial charge in [0.2, 0.25) is 0 Å². The zero-order valence-electron chi connectivity index (χ0n) is 10.8. The van der Waals surface area contributed by atoms with E-state index in [1.165, 1.54) is 16.2 Å². The highest BCUT2D eigenvalue weighted by Crippen LogP contribution is 2.32. The van der Waals surface area contributed by atoms with E-state index in [1.807, 2.05) is 37.0 Å². The van der Waals surface area contributed by atoms with Crippen LogP contribution in [0.2, 0.25) is 0 Å². The van der Waals surface area contributed by atoms with Gasteiger partial charge < -0.3 is 0 Å². The second-order valence-electron chi connectivity index (χ2n) is 4.79. The molecule has 1 aliphatic rings. The summed E-state index contributed by atoms with van der Waals surface area (Å²) in [6, 6.07) is 6.03. The van der Waals surface area contributed by atoms with E-state index >= 15 is 0 Å². The van der Waals surface area contributed by atoms with Crippen LogP contribution in [-0.4, -0.2) is 16.5 Å². The Labute approximate surface area is 121 Å². The molecule has 2 aromatic rings. The minimum atomic E-state index is 0.195. The first-order valence-electron chi connectivity index (χ1n) is 6.36. The first-order valence-corrected chi connectivity index (χ1v) is 8.33. The number of fused-ring (bicyclic) bond motifs is 1. The molecule has 98 valence electrons. The molecule has 0 aromatic carbocycles. The molecule has 0 saturated heterocycles. The molecule has 4 heteroatoms. The number of aryl methyl sites for hydroxylation is 2. The molecule has 2 nitrogen and oxygen atoms in total. The number of hydrogen-bond donors (Lipinski definition) is 0. The van der Waals surface area contributed by atoms with Gasteiger partial charge in [-0.3, -0.25) is 9.78 Å². The summed E-state index contributed by atoms with van der Waals surface area (Å²) in [5, 5.41) is 0. The van der Waals surface area contributed by atoms with Gasteiger partial charge in [0.05, 0.1) is 11.3 Å². The van der Waals surface area contributed by atoms with Crippen LogP contribution in [0.5, 0.6) is 0 Å². The second-order valence-corrected chi connectivity index (χ2v) is 7.03. The van der Waals surface area contributed by atoms with E-state index in [1.54, 1.807) is 11.3 Å². The fourth-order valence-corrected chi connectivity index (χ4v) is 4.45. The van der Waals surface area contributed by atoms with E-state index in [9.17, 15) is 4.79 Å². The third-order valence-corrected chi connectivity index (χ3v) is 5.50. The van der Waals surface area contributed by atoms with E-state index < -0.39 is 0 Å². The fourth-order valence-electron chi connectivity index (χ4n) is 2.14. The largest absolute Gasteiger partial charge is 0.293 e. The number of rotatable bonds is 3.